The lowest BCUT2D eigenvalue weighted by Gasteiger charge is -2.08. The SMILES string of the molecule is C=C(C)Cc1c(C)nc(SCc2c(Cl)cccc2Cl)[nH]c1=O. The number of nitrogens with zero attached hydrogens (tertiary/aromatic N) is 1. The van der Waals surface area contributed by atoms with E-state index in [0.717, 1.165) is 16.8 Å². The van der Waals surface area contributed by atoms with Crippen molar-refractivity contribution in [3.63, 3.8) is 0 Å². The number of aromatic amines is 1. The maximum Gasteiger partial charge on any atom is 0.255 e. The van der Waals surface area contributed by atoms with E-state index < -0.39 is 0 Å². The van der Waals surface area contributed by atoms with E-state index in [1.165, 1.54) is 11.8 Å². The second kappa shape index (κ2) is 7.36. The Hall–Kier alpha value is -1.23. The van der Waals surface area contributed by atoms with Gasteiger partial charge in [0.05, 0.1) is 0 Å². The highest BCUT2D eigenvalue weighted by atomic mass is 35.5. The van der Waals surface area contributed by atoms with Crippen molar-refractivity contribution in [2.75, 3.05) is 0 Å². The molecule has 6 heteroatoms. The molecule has 116 valence electrons. The Bertz CT molecular complexity index is 751. The molecule has 0 spiro atoms. The van der Waals surface area contributed by atoms with Crippen molar-refractivity contribution in [3.8, 4) is 0 Å². The van der Waals surface area contributed by atoms with Crippen LogP contribution in [-0.4, -0.2) is 9.97 Å². The predicted octanol–water partition coefficient (Wildman–Crippen LogP) is 4.80. The van der Waals surface area contributed by atoms with Crippen molar-refractivity contribution in [1.82, 2.24) is 9.97 Å². The summed E-state index contributed by atoms with van der Waals surface area (Å²) < 4.78 is 0. The maximum atomic E-state index is 12.1. The van der Waals surface area contributed by atoms with Crippen molar-refractivity contribution < 1.29 is 0 Å². The molecule has 0 aliphatic heterocycles. The number of aryl methyl sites for hydroxylation is 1. The number of hydrogen-bond acceptors (Lipinski definition) is 3. The zero-order chi connectivity index (χ0) is 16.3. The standard InChI is InChI=1S/C16H16Cl2N2OS/c1-9(2)7-11-10(3)19-16(20-15(11)21)22-8-12-13(17)5-4-6-14(12)18/h4-6H,1,7-8H2,2-3H3,(H,19,20,21). The van der Waals surface area contributed by atoms with Crippen molar-refractivity contribution in [3.05, 3.63) is 67.6 Å². The van der Waals surface area contributed by atoms with Crippen molar-refractivity contribution in [2.24, 2.45) is 0 Å². The summed E-state index contributed by atoms with van der Waals surface area (Å²) in [6.07, 6.45) is 0.537. The Morgan fingerprint density at radius 2 is 1.95 bits per heavy atom. The van der Waals surface area contributed by atoms with E-state index in [-0.39, 0.29) is 5.56 Å². The number of aromatic nitrogens is 2. The number of H-pyrrole nitrogens is 1. The summed E-state index contributed by atoms with van der Waals surface area (Å²) >= 11 is 13.7. The normalized spacial score (nSPS) is 10.7. The van der Waals surface area contributed by atoms with Gasteiger partial charge in [0.2, 0.25) is 0 Å². The van der Waals surface area contributed by atoms with Gasteiger partial charge in [-0.1, -0.05) is 53.2 Å². The summed E-state index contributed by atoms with van der Waals surface area (Å²) in [5.74, 6) is 0.542. The van der Waals surface area contributed by atoms with Crippen LogP contribution < -0.4 is 5.56 Å². The van der Waals surface area contributed by atoms with Crippen LogP contribution >= 0.6 is 35.0 Å². The quantitative estimate of drug-likeness (QED) is 0.476. The van der Waals surface area contributed by atoms with Gasteiger partial charge in [-0.05, 0) is 31.5 Å². The summed E-state index contributed by atoms with van der Waals surface area (Å²) in [5, 5.41) is 1.78. The first-order valence-electron chi connectivity index (χ1n) is 6.68. The first kappa shape index (κ1) is 17.1. The fourth-order valence-electron chi connectivity index (χ4n) is 1.97. The molecule has 0 bridgehead atoms. The predicted molar refractivity (Wildman–Crippen MR) is 94.1 cm³/mol. The third-order valence-electron chi connectivity index (χ3n) is 3.09. The molecule has 0 aliphatic carbocycles. The Kier molecular flexibility index (Phi) is 5.73. The molecule has 0 radical (unpaired) electrons. The Balaban J connectivity index is 2.21. The lowest BCUT2D eigenvalue weighted by molar-refractivity contribution is 0.863. The minimum absolute atomic E-state index is 0.122. The van der Waals surface area contributed by atoms with Crippen LogP contribution in [0.25, 0.3) is 0 Å². The first-order chi connectivity index (χ1) is 10.4. The Morgan fingerprint density at radius 3 is 2.50 bits per heavy atom. The highest BCUT2D eigenvalue weighted by Gasteiger charge is 2.11. The maximum absolute atomic E-state index is 12.1. The second-order valence-corrected chi connectivity index (χ2v) is 6.84. The molecule has 0 saturated carbocycles. The summed E-state index contributed by atoms with van der Waals surface area (Å²) in [4.78, 5) is 19.4. The van der Waals surface area contributed by atoms with Crippen LogP contribution in [0.15, 0.2) is 40.3 Å². The lowest BCUT2D eigenvalue weighted by atomic mass is 10.1. The minimum Gasteiger partial charge on any atom is -0.301 e. The number of benzene rings is 1. The van der Waals surface area contributed by atoms with E-state index in [2.05, 4.69) is 16.5 Å². The molecule has 1 aromatic carbocycles. The van der Waals surface area contributed by atoms with E-state index in [9.17, 15) is 4.79 Å². The fourth-order valence-corrected chi connectivity index (χ4v) is 3.62. The van der Waals surface area contributed by atoms with Gasteiger partial charge >= 0.3 is 0 Å². The van der Waals surface area contributed by atoms with E-state index in [1.54, 1.807) is 18.2 Å². The van der Waals surface area contributed by atoms with Crippen molar-refractivity contribution in [1.29, 1.82) is 0 Å². The van der Waals surface area contributed by atoms with Gasteiger partial charge in [-0.2, -0.15) is 0 Å². The zero-order valence-electron chi connectivity index (χ0n) is 12.4. The van der Waals surface area contributed by atoms with Gasteiger partial charge in [-0.3, -0.25) is 4.79 Å². The van der Waals surface area contributed by atoms with E-state index in [0.29, 0.717) is 32.9 Å². The average Bonchev–Trinajstić information content (AvgIpc) is 2.42. The number of rotatable bonds is 5. The van der Waals surface area contributed by atoms with Crippen LogP contribution in [0.1, 0.15) is 23.7 Å². The van der Waals surface area contributed by atoms with E-state index >= 15 is 0 Å². The van der Waals surface area contributed by atoms with E-state index in [1.807, 2.05) is 13.8 Å². The Labute approximate surface area is 143 Å². The molecule has 3 nitrogen and oxygen atoms in total. The third kappa shape index (κ3) is 4.15. The molecule has 0 saturated heterocycles. The summed E-state index contributed by atoms with van der Waals surface area (Å²) in [6.45, 7) is 7.56. The van der Waals surface area contributed by atoms with Crippen LogP contribution in [0.5, 0.6) is 0 Å². The Morgan fingerprint density at radius 1 is 1.32 bits per heavy atom. The monoisotopic (exact) mass is 354 g/mol. The molecule has 0 amide bonds. The van der Waals surface area contributed by atoms with Gasteiger partial charge in [0.1, 0.15) is 0 Å². The van der Waals surface area contributed by atoms with Crippen LogP contribution in [-0.2, 0) is 12.2 Å². The van der Waals surface area contributed by atoms with Crippen LogP contribution in [0.2, 0.25) is 10.0 Å². The van der Waals surface area contributed by atoms with E-state index in [4.69, 9.17) is 23.2 Å². The largest absolute Gasteiger partial charge is 0.301 e. The molecule has 1 aromatic heterocycles. The highest BCUT2D eigenvalue weighted by molar-refractivity contribution is 7.98. The van der Waals surface area contributed by atoms with Crippen LogP contribution in [0.3, 0.4) is 0 Å². The molecule has 22 heavy (non-hydrogen) atoms. The summed E-state index contributed by atoms with van der Waals surface area (Å²) in [7, 11) is 0. The minimum atomic E-state index is -0.122. The van der Waals surface area contributed by atoms with Gasteiger partial charge in [-0.15, -0.1) is 0 Å². The molecular formula is C16H16Cl2N2OS. The van der Waals surface area contributed by atoms with Crippen molar-refractivity contribution in [2.45, 2.75) is 31.2 Å². The smallest absolute Gasteiger partial charge is 0.255 e. The number of hydrogen-bond donors (Lipinski definition) is 1. The fraction of sp³-hybridized carbons (Fsp3) is 0.250. The van der Waals surface area contributed by atoms with Gasteiger partial charge in [0.25, 0.3) is 5.56 Å². The van der Waals surface area contributed by atoms with Gasteiger partial charge in [0, 0.05) is 33.5 Å². The number of allylic oxidation sites excluding steroid dienone is 1. The number of nitrogens with one attached hydrogen (secondary N) is 1. The molecule has 1 heterocycles. The average molecular weight is 355 g/mol. The van der Waals surface area contributed by atoms with Crippen LogP contribution in [0.4, 0.5) is 0 Å². The number of halogens is 2. The van der Waals surface area contributed by atoms with Gasteiger partial charge in [-0.25, -0.2) is 4.98 Å². The molecule has 2 aromatic rings. The summed E-state index contributed by atoms with van der Waals surface area (Å²) in [6, 6.07) is 5.39. The molecule has 2 rings (SSSR count). The molecule has 0 fully saturated rings. The van der Waals surface area contributed by atoms with Gasteiger partial charge in [0.15, 0.2) is 5.16 Å². The van der Waals surface area contributed by atoms with Gasteiger partial charge < -0.3 is 4.98 Å². The molecule has 0 unspecified atom stereocenters. The van der Waals surface area contributed by atoms with Crippen molar-refractivity contribution >= 4 is 35.0 Å². The topological polar surface area (TPSA) is 45.8 Å². The van der Waals surface area contributed by atoms with Crippen LogP contribution in [0, 0.1) is 6.92 Å². The second-order valence-electron chi connectivity index (χ2n) is 5.06. The lowest BCUT2D eigenvalue weighted by Crippen LogP contribution is -2.17. The molecular weight excluding hydrogens is 339 g/mol. The molecule has 1 N–H and O–H groups in total. The number of thioether (sulfide) groups is 1. The highest BCUT2D eigenvalue weighted by Crippen LogP contribution is 2.30. The zero-order valence-corrected chi connectivity index (χ0v) is 14.7. The first-order valence-corrected chi connectivity index (χ1v) is 8.42. The molecule has 0 aliphatic rings. The third-order valence-corrected chi connectivity index (χ3v) is 4.70. The molecule has 0 atom stereocenters. The summed E-state index contributed by atoms with van der Waals surface area (Å²) in [5.41, 5.74) is 3.02.